The number of fused-ring (bicyclic) bond motifs is 1. The van der Waals surface area contributed by atoms with Crippen molar-refractivity contribution in [3.8, 4) is 0 Å². The highest BCUT2D eigenvalue weighted by Gasteiger charge is 2.34. The first kappa shape index (κ1) is 18.5. The maximum atomic E-state index is 13.0. The normalized spacial score (nSPS) is 18.3. The monoisotopic (exact) mass is 356 g/mol. The molecule has 0 aliphatic heterocycles. The molecule has 5 heteroatoms. The molecule has 0 unspecified atom stereocenters. The zero-order valence-corrected chi connectivity index (χ0v) is 15.4. The van der Waals surface area contributed by atoms with Crippen LogP contribution in [-0.2, 0) is 0 Å². The van der Waals surface area contributed by atoms with Crippen LogP contribution >= 0.6 is 0 Å². The standard InChI is InChI=1S/C11H11FN4.C10H18/c1-6(13)7(2)16-10-5-15-11-9(10)3-8(12)4-14-11;1-2-6-10(7-3-1)8-4-5-9-10/h3-5,16H,1-2,13H2,(H,14,15);1-9H2. The van der Waals surface area contributed by atoms with Crippen molar-refractivity contribution in [2.24, 2.45) is 11.1 Å². The van der Waals surface area contributed by atoms with Crippen LogP contribution in [0.5, 0.6) is 0 Å². The number of halogens is 1. The lowest BCUT2D eigenvalue weighted by atomic mass is 9.73. The second-order valence-corrected chi connectivity index (χ2v) is 7.65. The molecule has 0 radical (unpaired) electrons. The first-order chi connectivity index (χ1) is 12.5. The van der Waals surface area contributed by atoms with Gasteiger partial charge >= 0.3 is 0 Å². The van der Waals surface area contributed by atoms with E-state index in [2.05, 4.69) is 28.4 Å². The number of H-pyrrole nitrogens is 1. The topological polar surface area (TPSA) is 66.7 Å². The summed E-state index contributed by atoms with van der Waals surface area (Å²) in [5.41, 5.74) is 8.41. The molecule has 2 heterocycles. The summed E-state index contributed by atoms with van der Waals surface area (Å²) in [6, 6.07) is 1.38. The minimum Gasteiger partial charge on any atom is -0.398 e. The van der Waals surface area contributed by atoms with Crippen LogP contribution in [0.4, 0.5) is 10.1 Å². The van der Waals surface area contributed by atoms with Gasteiger partial charge in [-0.2, -0.15) is 0 Å². The van der Waals surface area contributed by atoms with Gasteiger partial charge in [0.05, 0.1) is 17.6 Å². The van der Waals surface area contributed by atoms with E-state index in [0.717, 1.165) is 11.6 Å². The molecule has 2 aliphatic carbocycles. The zero-order chi connectivity index (χ0) is 18.6. The molecule has 2 aromatic rings. The summed E-state index contributed by atoms with van der Waals surface area (Å²) in [5, 5.41) is 3.58. The summed E-state index contributed by atoms with van der Waals surface area (Å²) in [4.78, 5) is 6.81. The number of nitrogens with two attached hydrogens (primary N) is 1. The van der Waals surface area contributed by atoms with Crippen LogP contribution in [0.1, 0.15) is 57.8 Å². The van der Waals surface area contributed by atoms with E-state index in [1.165, 1.54) is 38.2 Å². The number of rotatable bonds is 3. The lowest BCUT2D eigenvalue weighted by molar-refractivity contribution is 0.197. The van der Waals surface area contributed by atoms with Gasteiger partial charge < -0.3 is 16.0 Å². The van der Waals surface area contributed by atoms with Crippen LogP contribution in [0.25, 0.3) is 11.0 Å². The largest absolute Gasteiger partial charge is 0.398 e. The van der Waals surface area contributed by atoms with Gasteiger partial charge in [-0.25, -0.2) is 9.37 Å². The number of nitrogens with one attached hydrogen (secondary N) is 2. The Bertz CT molecular complexity index is 778. The van der Waals surface area contributed by atoms with Crippen LogP contribution in [0, 0.1) is 11.2 Å². The van der Waals surface area contributed by atoms with Crippen LogP contribution in [0.15, 0.2) is 43.0 Å². The Labute approximate surface area is 154 Å². The Balaban J connectivity index is 0.000000167. The van der Waals surface area contributed by atoms with Crippen LogP contribution in [0.2, 0.25) is 0 Å². The first-order valence-electron chi connectivity index (χ1n) is 9.52. The molecular weight excluding hydrogens is 327 g/mol. The van der Waals surface area contributed by atoms with Gasteiger partial charge in [-0.3, -0.25) is 0 Å². The fraction of sp³-hybridized carbons (Fsp3) is 0.476. The van der Waals surface area contributed by atoms with Crippen molar-refractivity contribution in [1.29, 1.82) is 0 Å². The number of anilines is 1. The van der Waals surface area contributed by atoms with Crippen LogP contribution in [0.3, 0.4) is 0 Å². The Morgan fingerprint density at radius 2 is 1.73 bits per heavy atom. The van der Waals surface area contributed by atoms with Crippen LogP contribution < -0.4 is 11.1 Å². The van der Waals surface area contributed by atoms with Gasteiger partial charge in [-0.15, -0.1) is 0 Å². The van der Waals surface area contributed by atoms with E-state index in [-0.39, 0.29) is 0 Å². The van der Waals surface area contributed by atoms with E-state index in [9.17, 15) is 4.39 Å². The number of aromatic amines is 1. The molecule has 140 valence electrons. The third kappa shape index (κ3) is 4.26. The predicted molar refractivity (Wildman–Crippen MR) is 106 cm³/mol. The molecular formula is C21H29FN4. The van der Waals surface area contributed by atoms with Gasteiger partial charge in [0.25, 0.3) is 0 Å². The van der Waals surface area contributed by atoms with Gasteiger partial charge in [0, 0.05) is 17.3 Å². The van der Waals surface area contributed by atoms with E-state index in [4.69, 9.17) is 5.73 Å². The summed E-state index contributed by atoms with van der Waals surface area (Å²) in [5.74, 6) is -0.396. The molecule has 0 aromatic carbocycles. The molecule has 2 aromatic heterocycles. The van der Waals surface area contributed by atoms with Gasteiger partial charge in [-0.1, -0.05) is 45.3 Å². The van der Waals surface area contributed by atoms with E-state index in [1.807, 2.05) is 0 Å². The Hall–Kier alpha value is -2.30. The quantitative estimate of drug-likeness (QED) is 0.626. The zero-order valence-electron chi connectivity index (χ0n) is 15.4. The molecule has 4 rings (SSSR count). The van der Waals surface area contributed by atoms with Crippen molar-refractivity contribution in [2.45, 2.75) is 57.8 Å². The number of hydrogen-bond acceptors (Lipinski definition) is 3. The van der Waals surface area contributed by atoms with Crippen LogP contribution in [-0.4, -0.2) is 9.97 Å². The maximum absolute atomic E-state index is 13.0. The molecule has 0 atom stereocenters. The van der Waals surface area contributed by atoms with Gasteiger partial charge in [0.15, 0.2) is 0 Å². The number of hydrogen-bond donors (Lipinski definition) is 3. The fourth-order valence-corrected chi connectivity index (χ4v) is 4.25. The fourth-order valence-electron chi connectivity index (χ4n) is 4.25. The van der Waals surface area contributed by atoms with E-state index < -0.39 is 5.82 Å². The van der Waals surface area contributed by atoms with Crippen molar-refractivity contribution >= 4 is 16.7 Å². The highest BCUT2D eigenvalue weighted by Crippen LogP contribution is 2.48. The average molecular weight is 356 g/mol. The molecule has 4 N–H and O–H groups in total. The molecule has 0 amide bonds. The van der Waals surface area contributed by atoms with Gasteiger partial charge in [0.1, 0.15) is 11.5 Å². The highest BCUT2D eigenvalue weighted by molar-refractivity contribution is 5.90. The lowest BCUT2D eigenvalue weighted by Gasteiger charge is -2.32. The van der Waals surface area contributed by atoms with Crippen molar-refractivity contribution in [3.63, 3.8) is 0 Å². The molecule has 4 nitrogen and oxygen atoms in total. The highest BCUT2D eigenvalue weighted by atomic mass is 19.1. The van der Waals surface area contributed by atoms with E-state index in [0.29, 0.717) is 28.1 Å². The summed E-state index contributed by atoms with van der Waals surface area (Å²) in [6.45, 7) is 7.24. The van der Waals surface area contributed by atoms with Crippen molar-refractivity contribution < 1.29 is 4.39 Å². The average Bonchev–Trinajstić information content (AvgIpc) is 3.24. The smallest absolute Gasteiger partial charge is 0.142 e. The molecule has 2 aliphatic rings. The Morgan fingerprint density at radius 1 is 1.12 bits per heavy atom. The number of pyridine rings is 1. The molecule has 1 spiro atoms. The minimum atomic E-state index is -0.396. The lowest BCUT2D eigenvalue weighted by Crippen LogP contribution is -2.19. The summed E-state index contributed by atoms with van der Waals surface area (Å²) in [6.07, 6.45) is 16.7. The first-order valence-corrected chi connectivity index (χ1v) is 9.52. The number of aromatic nitrogens is 2. The Morgan fingerprint density at radius 3 is 2.35 bits per heavy atom. The summed E-state index contributed by atoms with van der Waals surface area (Å²) < 4.78 is 13.0. The Kier molecular flexibility index (Phi) is 5.64. The molecule has 26 heavy (non-hydrogen) atoms. The summed E-state index contributed by atoms with van der Waals surface area (Å²) in [7, 11) is 0. The molecule has 2 fully saturated rings. The van der Waals surface area contributed by atoms with Gasteiger partial charge in [-0.05, 0) is 37.2 Å². The maximum Gasteiger partial charge on any atom is 0.142 e. The molecule has 0 saturated heterocycles. The van der Waals surface area contributed by atoms with Crippen molar-refractivity contribution in [2.75, 3.05) is 5.32 Å². The second kappa shape index (κ2) is 7.94. The molecule has 2 saturated carbocycles. The van der Waals surface area contributed by atoms with E-state index in [1.54, 1.807) is 31.9 Å². The van der Waals surface area contributed by atoms with Gasteiger partial charge in [0.2, 0.25) is 0 Å². The van der Waals surface area contributed by atoms with E-state index >= 15 is 0 Å². The minimum absolute atomic E-state index is 0.332. The third-order valence-corrected chi connectivity index (χ3v) is 5.75. The number of nitrogens with zero attached hydrogens (tertiary/aromatic N) is 1. The SMILES string of the molecule is C1CCC2(CC1)CCCC2.C=C(N)C(=C)Nc1c[nH]c2ncc(F)cc12. The van der Waals surface area contributed by atoms with Crippen molar-refractivity contribution in [1.82, 2.24) is 9.97 Å². The third-order valence-electron chi connectivity index (χ3n) is 5.75. The predicted octanol–water partition coefficient (Wildman–Crippen LogP) is 5.61. The van der Waals surface area contributed by atoms with Crippen molar-refractivity contribution in [3.05, 3.63) is 48.8 Å². The summed E-state index contributed by atoms with van der Waals surface area (Å²) >= 11 is 0. The second-order valence-electron chi connectivity index (χ2n) is 7.65. The molecule has 0 bridgehead atoms.